The molecule has 0 bridgehead atoms. The molecule has 1 aromatic heterocycles. The van der Waals surface area contributed by atoms with Gasteiger partial charge in [-0.1, -0.05) is 18.2 Å². The van der Waals surface area contributed by atoms with Crippen LogP contribution in [0.15, 0.2) is 42.6 Å². The number of nitrogen functional groups attached to an aromatic ring is 3. The molecule has 0 saturated heterocycles. The smallest absolute Gasteiger partial charge is 0.221 e. The number of hydrogen-bond acceptors (Lipinski definition) is 7. The highest BCUT2D eigenvalue weighted by Crippen LogP contribution is 2.43. The Morgan fingerprint density at radius 1 is 1.03 bits per heavy atom. The Bertz CT molecular complexity index is 1050. The molecule has 0 amide bonds. The topological polar surface area (TPSA) is 122 Å². The van der Waals surface area contributed by atoms with Gasteiger partial charge in [-0.15, -0.1) is 0 Å². The molecule has 0 spiro atoms. The van der Waals surface area contributed by atoms with E-state index in [-0.39, 0.29) is 5.95 Å². The number of rotatable bonds is 8. The maximum atomic E-state index is 6.20. The second-order valence-electron chi connectivity index (χ2n) is 7.56. The SMILES string of the molecule is CCOc1c(Cc2cnc(N)nc2N)ccc(OCC2CC2)c1-c1cccc(N)c1. The Hall–Kier alpha value is -3.48. The Labute approximate surface area is 176 Å². The monoisotopic (exact) mass is 405 g/mol. The van der Waals surface area contributed by atoms with Crippen LogP contribution in [0.1, 0.15) is 30.9 Å². The van der Waals surface area contributed by atoms with Gasteiger partial charge in [0.15, 0.2) is 0 Å². The summed E-state index contributed by atoms with van der Waals surface area (Å²) in [4.78, 5) is 8.16. The van der Waals surface area contributed by atoms with Gasteiger partial charge in [0.05, 0.1) is 18.8 Å². The molecule has 3 aromatic rings. The van der Waals surface area contributed by atoms with E-state index >= 15 is 0 Å². The summed E-state index contributed by atoms with van der Waals surface area (Å²) in [5, 5.41) is 0. The first-order valence-electron chi connectivity index (χ1n) is 10.2. The summed E-state index contributed by atoms with van der Waals surface area (Å²) in [5.41, 5.74) is 22.1. The number of hydrogen-bond donors (Lipinski definition) is 3. The van der Waals surface area contributed by atoms with Crippen LogP contribution in [0.4, 0.5) is 17.5 Å². The summed E-state index contributed by atoms with van der Waals surface area (Å²) >= 11 is 0. The number of ether oxygens (including phenoxy) is 2. The average molecular weight is 406 g/mol. The minimum absolute atomic E-state index is 0.158. The Morgan fingerprint density at radius 2 is 1.87 bits per heavy atom. The molecule has 7 nitrogen and oxygen atoms in total. The molecule has 0 atom stereocenters. The Balaban J connectivity index is 1.80. The first-order valence-corrected chi connectivity index (χ1v) is 10.2. The van der Waals surface area contributed by atoms with Crippen LogP contribution in [0.25, 0.3) is 11.1 Å². The van der Waals surface area contributed by atoms with Crippen LogP contribution in [0, 0.1) is 5.92 Å². The highest BCUT2D eigenvalue weighted by molar-refractivity contribution is 5.80. The van der Waals surface area contributed by atoms with E-state index < -0.39 is 0 Å². The highest BCUT2D eigenvalue weighted by Gasteiger charge is 2.24. The van der Waals surface area contributed by atoms with Gasteiger partial charge in [-0.3, -0.25) is 0 Å². The fraction of sp³-hybridized carbons (Fsp3) is 0.304. The maximum Gasteiger partial charge on any atom is 0.221 e. The van der Waals surface area contributed by atoms with Crippen molar-refractivity contribution in [3.05, 3.63) is 53.7 Å². The number of anilines is 3. The van der Waals surface area contributed by atoms with Crippen molar-refractivity contribution in [3.8, 4) is 22.6 Å². The molecule has 30 heavy (non-hydrogen) atoms. The van der Waals surface area contributed by atoms with Crippen LogP contribution >= 0.6 is 0 Å². The number of aromatic nitrogens is 2. The molecule has 0 radical (unpaired) electrons. The molecule has 1 aliphatic carbocycles. The van der Waals surface area contributed by atoms with Gasteiger partial charge in [0.25, 0.3) is 0 Å². The van der Waals surface area contributed by atoms with Crippen molar-refractivity contribution in [2.24, 2.45) is 5.92 Å². The minimum atomic E-state index is 0.158. The summed E-state index contributed by atoms with van der Waals surface area (Å²) in [7, 11) is 0. The summed E-state index contributed by atoms with van der Waals surface area (Å²) in [6, 6.07) is 11.8. The fourth-order valence-electron chi connectivity index (χ4n) is 3.41. The van der Waals surface area contributed by atoms with Crippen molar-refractivity contribution in [1.82, 2.24) is 9.97 Å². The lowest BCUT2D eigenvalue weighted by Gasteiger charge is -2.20. The molecule has 1 saturated carbocycles. The molecule has 0 aliphatic heterocycles. The molecule has 1 fully saturated rings. The van der Waals surface area contributed by atoms with E-state index in [1.165, 1.54) is 12.8 Å². The van der Waals surface area contributed by atoms with Gasteiger partial charge >= 0.3 is 0 Å². The van der Waals surface area contributed by atoms with Gasteiger partial charge < -0.3 is 26.7 Å². The third-order valence-electron chi connectivity index (χ3n) is 5.13. The largest absolute Gasteiger partial charge is 0.493 e. The van der Waals surface area contributed by atoms with Gasteiger partial charge in [0.1, 0.15) is 17.3 Å². The summed E-state index contributed by atoms with van der Waals surface area (Å²) in [6.07, 6.45) is 4.62. The predicted octanol–water partition coefficient (Wildman–Crippen LogP) is 3.67. The number of nitrogens with zero attached hydrogens (tertiary/aromatic N) is 2. The third kappa shape index (κ3) is 4.40. The molecule has 1 heterocycles. The summed E-state index contributed by atoms with van der Waals surface area (Å²) in [5.74, 6) is 2.71. The predicted molar refractivity (Wildman–Crippen MR) is 119 cm³/mol. The van der Waals surface area contributed by atoms with E-state index in [0.29, 0.717) is 37.1 Å². The first-order chi connectivity index (χ1) is 14.5. The van der Waals surface area contributed by atoms with Crippen LogP contribution in [0.2, 0.25) is 0 Å². The minimum Gasteiger partial charge on any atom is -0.493 e. The zero-order valence-corrected chi connectivity index (χ0v) is 17.1. The van der Waals surface area contributed by atoms with Gasteiger partial charge in [-0.2, -0.15) is 4.98 Å². The van der Waals surface area contributed by atoms with Crippen LogP contribution in [0.5, 0.6) is 11.5 Å². The maximum absolute atomic E-state index is 6.20. The lowest BCUT2D eigenvalue weighted by Crippen LogP contribution is -2.07. The van der Waals surface area contributed by atoms with E-state index in [2.05, 4.69) is 9.97 Å². The molecule has 2 aromatic carbocycles. The standard InChI is InChI=1S/C23H27N5O2/c1-2-29-21-16(10-17-12-27-23(26)28-22(17)25)8-9-19(30-13-14-6-7-14)20(21)15-4-3-5-18(24)11-15/h3-5,8-9,11-12,14H,2,6-7,10,13,24H2,1H3,(H4,25,26,27,28). The summed E-state index contributed by atoms with van der Waals surface area (Å²) in [6.45, 7) is 3.19. The Morgan fingerprint density at radius 3 is 2.57 bits per heavy atom. The molecule has 0 unspecified atom stereocenters. The van der Waals surface area contributed by atoms with E-state index in [1.54, 1.807) is 6.20 Å². The lowest BCUT2D eigenvalue weighted by atomic mass is 9.96. The molecule has 1 aliphatic rings. The third-order valence-corrected chi connectivity index (χ3v) is 5.13. The van der Waals surface area contributed by atoms with Crippen molar-refractivity contribution in [2.45, 2.75) is 26.2 Å². The van der Waals surface area contributed by atoms with E-state index in [0.717, 1.165) is 33.8 Å². The zero-order valence-electron chi connectivity index (χ0n) is 17.1. The highest BCUT2D eigenvalue weighted by atomic mass is 16.5. The number of nitrogens with two attached hydrogens (primary N) is 3. The second kappa shape index (κ2) is 8.49. The first kappa shape index (κ1) is 19.8. The van der Waals surface area contributed by atoms with Gasteiger partial charge in [0, 0.05) is 23.9 Å². The van der Waals surface area contributed by atoms with Crippen molar-refractivity contribution in [1.29, 1.82) is 0 Å². The molecule has 156 valence electrons. The van der Waals surface area contributed by atoms with E-state index in [1.807, 2.05) is 43.3 Å². The zero-order chi connectivity index (χ0) is 21.1. The van der Waals surface area contributed by atoms with Crippen molar-refractivity contribution < 1.29 is 9.47 Å². The van der Waals surface area contributed by atoms with Gasteiger partial charge in [-0.25, -0.2) is 4.98 Å². The van der Waals surface area contributed by atoms with Crippen LogP contribution in [-0.2, 0) is 6.42 Å². The fourth-order valence-corrected chi connectivity index (χ4v) is 3.41. The molecular weight excluding hydrogens is 378 g/mol. The van der Waals surface area contributed by atoms with Crippen molar-refractivity contribution >= 4 is 17.5 Å². The van der Waals surface area contributed by atoms with Crippen LogP contribution in [-0.4, -0.2) is 23.2 Å². The molecular formula is C23H27N5O2. The molecule has 4 rings (SSSR count). The van der Waals surface area contributed by atoms with E-state index in [9.17, 15) is 0 Å². The van der Waals surface area contributed by atoms with Crippen molar-refractivity contribution in [3.63, 3.8) is 0 Å². The second-order valence-corrected chi connectivity index (χ2v) is 7.56. The van der Waals surface area contributed by atoms with E-state index in [4.69, 9.17) is 26.7 Å². The quantitative estimate of drug-likeness (QED) is 0.489. The molecule has 7 heteroatoms. The lowest BCUT2D eigenvalue weighted by molar-refractivity contribution is 0.296. The van der Waals surface area contributed by atoms with Gasteiger partial charge in [0.2, 0.25) is 5.95 Å². The van der Waals surface area contributed by atoms with Crippen molar-refractivity contribution in [2.75, 3.05) is 30.4 Å². The Kier molecular flexibility index (Phi) is 5.61. The van der Waals surface area contributed by atoms with Gasteiger partial charge in [-0.05, 0) is 55.0 Å². The normalized spacial score (nSPS) is 13.2. The number of benzene rings is 2. The average Bonchev–Trinajstić information content (AvgIpc) is 3.54. The molecule has 6 N–H and O–H groups in total. The van der Waals surface area contributed by atoms with Crippen LogP contribution < -0.4 is 26.7 Å². The summed E-state index contributed by atoms with van der Waals surface area (Å²) < 4.78 is 12.3. The van der Waals surface area contributed by atoms with Crippen LogP contribution in [0.3, 0.4) is 0 Å².